The summed E-state index contributed by atoms with van der Waals surface area (Å²) in [7, 11) is 0. The van der Waals surface area contributed by atoms with Crippen LogP contribution in [-0.4, -0.2) is 25.4 Å². The van der Waals surface area contributed by atoms with Crippen LogP contribution >= 0.6 is 23.4 Å². The second kappa shape index (κ2) is 7.52. The number of hydrogen-bond acceptors (Lipinski definition) is 3. The lowest BCUT2D eigenvalue weighted by molar-refractivity contribution is 0.0696. The summed E-state index contributed by atoms with van der Waals surface area (Å²) in [6.07, 6.45) is 6.25. The summed E-state index contributed by atoms with van der Waals surface area (Å²) < 4.78 is 4.20. The fraction of sp³-hybridized carbons (Fsp3) is 0.217. The molecule has 5 rings (SSSR count). The number of carboxylic acids is 1. The lowest BCUT2D eigenvalue weighted by atomic mass is 10.2. The summed E-state index contributed by atoms with van der Waals surface area (Å²) in [5, 5.41) is 15.7. The minimum Gasteiger partial charge on any atom is -0.478 e. The highest BCUT2D eigenvalue weighted by Crippen LogP contribution is 2.50. The Labute approximate surface area is 183 Å². The van der Waals surface area contributed by atoms with Crippen molar-refractivity contribution >= 4 is 40.2 Å². The van der Waals surface area contributed by atoms with Crippen molar-refractivity contribution in [3.63, 3.8) is 0 Å². The second-order valence-electron chi connectivity index (χ2n) is 7.47. The molecule has 1 aliphatic rings. The van der Waals surface area contributed by atoms with Gasteiger partial charge in [0.15, 0.2) is 0 Å². The van der Waals surface area contributed by atoms with Gasteiger partial charge in [0.25, 0.3) is 0 Å². The first-order valence-corrected chi connectivity index (χ1v) is 11.1. The molecular formula is C23H20ClN3O2S. The van der Waals surface area contributed by atoms with Crippen LogP contribution in [0.1, 0.15) is 41.7 Å². The van der Waals surface area contributed by atoms with E-state index in [0.29, 0.717) is 16.5 Å². The van der Waals surface area contributed by atoms with Gasteiger partial charge in [0.1, 0.15) is 0 Å². The van der Waals surface area contributed by atoms with Gasteiger partial charge < -0.3 is 9.67 Å². The second-order valence-corrected chi connectivity index (χ2v) is 9.00. The number of aromatic nitrogens is 3. The smallest absolute Gasteiger partial charge is 0.335 e. The van der Waals surface area contributed by atoms with Gasteiger partial charge >= 0.3 is 5.97 Å². The molecule has 1 saturated carbocycles. The van der Waals surface area contributed by atoms with E-state index in [1.807, 2.05) is 29.1 Å². The molecule has 0 unspecified atom stereocenters. The maximum absolute atomic E-state index is 11.4. The number of hydrogen-bond donors (Lipinski definition) is 1. The Morgan fingerprint density at radius 3 is 2.80 bits per heavy atom. The normalized spacial score (nSPS) is 13.8. The Kier molecular flexibility index (Phi) is 4.83. The van der Waals surface area contributed by atoms with Gasteiger partial charge in [-0.15, -0.1) is 0 Å². The average Bonchev–Trinajstić information content (AvgIpc) is 3.38. The third-order valence-corrected chi connectivity index (χ3v) is 6.74. The number of halogens is 1. The van der Waals surface area contributed by atoms with Crippen LogP contribution in [0.25, 0.3) is 16.6 Å². The van der Waals surface area contributed by atoms with Gasteiger partial charge in [-0.25, -0.2) is 4.79 Å². The minimum absolute atomic E-state index is 0.295. The zero-order valence-electron chi connectivity index (χ0n) is 16.4. The largest absolute Gasteiger partial charge is 0.478 e. The predicted octanol–water partition coefficient (Wildman–Crippen LogP) is 6.23. The summed E-state index contributed by atoms with van der Waals surface area (Å²) in [5.74, 6) is -0.438. The van der Waals surface area contributed by atoms with Crippen LogP contribution in [0.15, 0.2) is 64.6 Å². The monoisotopic (exact) mass is 437 g/mol. The Balaban J connectivity index is 1.73. The molecular weight excluding hydrogens is 418 g/mol. The van der Waals surface area contributed by atoms with E-state index in [-0.39, 0.29) is 0 Å². The van der Waals surface area contributed by atoms with E-state index in [2.05, 4.69) is 28.9 Å². The highest BCUT2D eigenvalue weighted by atomic mass is 35.5. The van der Waals surface area contributed by atoms with Crippen molar-refractivity contribution in [3.05, 3.63) is 71.1 Å². The zero-order chi connectivity index (χ0) is 20.8. The van der Waals surface area contributed by atoms with Crippen molar-refractivity contribution in [2.45, 2.75) is 42.0 Å². The van der Waals surface area contributed by atoms with Crippen LogP contribution in [-0.2, 0) is 6.54 Å². The Hall–Kier alpha value is -2.70. The first kappa shape index (κ1) is 19.3. The summed E-state index contributed by atoms with van der Waals surface area (Å²) >= 11 is 8.00. The SMILES string of the molecule is CCn1cc(-n2c(C3CC3)c(Sc3cccc(C(=O)O)c3)c3ccc(Cl)cc32)cn1. The molecule has 1 fully saturated rings. The molecule has 2 aromatic carbocycles. The summed E-state index contributed by atoms with van der Waals surface area (Å²) in [6, 6.07) is 13.1. The topological polar surface area (TPSA) is 60.0 Å². The number of aromatic carboxylic acids is 1. The van der Waals surface area contributed by atoms with Crippen LogP contribution < -0.4 is 0 Å². The maximum Gasteiger partial charge on any atom is 0.335 e. The van der Waals surface area contributed by atoms with Crippen LogP contribution in [0.4, 0.5) is 0 Å². The molecule has 4 aromatic rings. The van der Waals surface area contributed by atoms with Gasteiger partial charge in [-0.2, -0.15) is 5.10 Å². The van der Waals surface area contributed by atoms with Crippen LogP contribution in [0, 0.1) is 0 Å². The summed E-state index contributed by atoms with van der Waals surface area (Å²) in [4.78, 5) is 13.5. The van der Waals surface area contributed by atoms with Crippen LogP contribution in [0.3, 0.4) is 0 Å². The van der Waals surface area contributed by atoms with E-state index >= 15 is 0 Å². The van der Waals surface area contributed by atoms with E-state index in [9.17, 15) is 9.90 Å². The van der Waals surface area contributed by atoms with Crippen molar-refractivity contribution in [2.75, 3.05) is 0 Å². The van der Waals surface area contributed by atoms with E-state index in [0.717, 1.165) is 45.8 Å². The number of benzene rings is 2. The van der Waals surface area contributed by atoms with E-state index in [1.54, 1.807) is 30.0 Å². The molecule has 0 aliphatic heterocycles. The Morgan fingerprint density at radius 2 is 2.10 bits per heavy atom. The van der Waals surface area contributed by atoms with Crippen molar-refractivity contribution < 1.29 is 9.90 Å². The third kappa shape index (κ3) is 3.40. The molecule has 152 valence electrons. The number of rotatable bonds is 6. The lowest BCUT2D eigenvalue weighted by Gasteiger charge is -2.10. The Bertz CT molecular complexity index is 1270. The molecule has 0 amide bonds. The van der Waals surface area contributed by atoms with E-state index in [4.69, 9.17) is 11.6 Å². The number of aryl methyl sites for hydroxylation is 1. The maximum atomic E-state index is 11.4. The first-order valence-electron chi connectivity index (χ1n) is 9.93. The quantitative estimate of drug-likeness (QED) is 0.388. The number of carbonyl (C=O) groups is 1. The molecule has 7 heteroatoms. The van der Waals surface area contributed by atoms with Crippen LogP contribution in [0.5, 0.6) is 0 Å². The van der Waals surface area contributed by atoms with Gasteiger partial charge in [-0.05, 0) is 50.1 Å². The first-order chi connectivity index (χ1) is 14.5. The van der Waals surface area contributed by atoms with Crippen LogP contribution in [0.2, 0.25) is 5.02 Å². The fourth-order valence-electron chi connectivity index (χ4n) is 3.81. The molecule has 0 saturated heterocycles. The predicted molar refractivity (Wildman–Crippen MR) is 119 cm³/mol. The van der Waals surface area contributed by atoms with Gasteiger partial charge in [0.2, 0.25) is 0 Å². The molecule has 2 heterocycles. The van der Waals surface area contributed by atoms with Gasteiger partial charge in [0, 0.05) is 44.6 Å². The molecule has 1 N–H and O–H groups in total. The lowest BCUT2D eigenvalue weighted by Crippen LogP contribution is -1.99. The third-order valence-electron chi connectivity index (χ3n) is 5.39. The van der Waals surface area contributed by atoms with Gasteiger partial charge in [0.05, 0.1) is 23.0 Å². The molecule has 2 aromatic heterocycles. The number of nitrogens with zero attached hydrogens (tertiary/aromatic N) is 3. The van der Waals surface area contributed by atoms with Crippen molar-refractivity contribution in [1.29, 1.82) is 0 Å². The van der Waals surface area contributed by atoms with E-state index in [1.165, 1.54) is 5.69 Å². The minimum atomic E-state index is -0.916. The molecule has 0 radical (unpaired) electrons. The van der Waals surface area contributed by atoms with Crippen molar-refractivity contribution in [3.8, 4) is 5.69 Å². The number of fused-ring (bicyclic) bond motifs is 1. The number of carboxylic acid groups (broad SMARTS) is 1. The van der Waals surface area contributed by atoms with Gasteiger partial charge in [-0.1, -0.05) is 35.5 Å². The van der Waals surface area contributed by atoms with Crippen molar-refractivity contribution in [1.82, 2.24) is 14.3 Å². The van der Waals surface area contributed by atoms with Crippen molar-refractivity contribution in [2.24, 2.45) is 0 Å². The average molecular weight is 438 g/mol. The Morgan fingerprint density at radius 1 is 1.27 bits per heavy atom. The molecule has 0 atom stereocenters. The summed E-state index contributed by atoms with van der Waals surface area (Å²) in [6.45, 7) is 2.88. The van der Waals surface area contributed by atoms with E-state index < -0.39 is 5.97 Å². The molecule has 0 spiro atoms. The molecule has 5 nitrogen and oxygen atoms in total. The highest BCUT2D eigenvalue weighted by Gasteiger charge is 2.33. The molecule has 0 bridgehead atoms. The fourth-order valence-corrected chi connectivity index (χ4v) is 5.19. The van der Waals surface area contributed by atoms with Gasteiger partial charge in [-0.3, -0.25) is 4.68 Å². The standard InChI is InChI=1S/C23H20ClN3O2S/c1-2-26-13-17(12-25-26)27-20-11-16(24)8-9-19(20)22(21(27)14-6-7-14)30-18-5-3-4-15(10-18)23(28)29/h3-5,8-14H,2,6-7H2,1H3,(H,28,29). The zero-order valence-corrected chi connectivity index (χ0v) is 18.0. The summed E-state index contributed by atoms with van der Waals surface area (Å²) in [5.41, 5.74) is 3.63. The highest BCUT2D eigenvalue weighted by molar-refractivity contribution is 7.99. The molecule has 1 aliphatic carbocycles. The molecule has 30 heavy (non-hydrogen) atoms.